The van der Waals surface area contributed by atoms with Gasteiger partial charge in [0.1, 0.15) is 23.9 Å². The van der Waals surface area contributed by atoms with Crippen molar-refractivity contribution in [2.75, 3.05) is 26.6 Å². The minimum Gasteiger partial charge on any atom is -0.496 e. The number of rotatable bonds is 7. The molecule has 0 unspecified atom stereocenters. The Morgan fingerprint density at radius 1 is 0.968 bits per heavy atom. The molecule has 3 aromatic rings. The average molecular weight is 442 g/mol. The van der Waals surface area contributed by atoms with E-state index in [-0.39, 0.29) is 11.7 Å². The number of amides is 1. The Balaban J connectivity index is 1.71. The average Bonchev–Trinajstić information content (AvgIpc) is 3.27. The molecule has 1 amide bonds. The van der Waals surface area contributed by atoms with Crippen LogP contribution in [-0.2, 0) is 6.61 Å². The third-order valence-corrected chi connectivity index (χ3v) is 4.62. The maximum Gasteiger partial charge on any atom is 0.257 e. The Hall–Kier alpha value is -3.56. The predicted molar refractivity (Wildman–Crippen MR) is 120 cm³/mol. The molecule has 31 heavy (non-hydrogen) atoms. The summed E-state index contributed by atoms with van der Waals surface area (Å²) in [6.07, 6.45) is 0. The van der Waals surface area contributed by atoms with Gasteiger partial charge in [-0.3, -0.25) is 10.1 Å². The number of benzene rings is 2. The molecule has 0 aliphatic heterocycles. The van der Waals surface area contributed by atoms with Gasteiger partial charge in [0.2, 0.25) is 0 Å². The summed E-state index contributed by atoms with van der Waals surface area (Å²) in [4.78, 5) is 12.5. The van der Waals surface area contributed by atoms with Crippen LogP contribution in [0.1, 0.15) is 16.1 Å². The van der Waals surface area contributed by atoms with Crippen LogP contribution in [0.4, 0.5) is 5.69 Å². The fourth-order valence-electron chi connectivity index (χ4n) is 2.90. The van der Waals surface area contributed by atoms with E-state index in [1.807, 2.05) is 0 Å². The third kappa shape index (κ3) is 5.14. The van der Waals surface area contributed by atoms with Crippen LogP contribution in [-0.4, -0.2) is 37.5 Å². The molecule has 162 valence electrons. The minimum atomic E-state index is -0.394. The smallest absolute Gasteiger partial charge is 0.257 e. The standard InChI is InChI=1S/C22H22N2O6S/c1-27-18-8-4-13(10-20(18)29-3)21(26)24-22(31)23-14-5-7-16(19(11-14)28-2)17-9-6-15(12-25)30-17/h4-11,25H,12H2,1-3H3,(H2,23,24,26,31). The second-order valence-electron chi connectivity index (χ2n) is 6.32. The maximum atomic E-state index is 12.5. The van der Waals surface area contributed by atoms with Gasteiger partial charge in [-0.05, 0) is 54.7 Å². The molecule has 9 heteroatoms. The van der Waals surface area contributed by atoms with Gasteiger partial charge < -0.3 is 29.1 Å². The molecule has 2 aromatic carbocycles. The van der Waals surface area contributed by atoms with Crippen molar-refractivity contribution in [3.05, 3.63) is 59.9 Å². The second-order valence-corrected chi connectivity index (χ2v) is 6.73. The molecule has 0 spiro atoms. The zero-order chi connectivity index (χ0) is 22.4. The predicted octanol–water partition coefficient (Wildman–Crippen LogP) is 3.59. The van der Waals surface area contributed by atoms with E-state index < -0.39 is 5.91 Å². The summed E-state index contributed by atoms with van der Waals surface area (Å²) in [5, 5.41) is 14.9. The monoisotopic (exact) mass is 442 g/mol. The zero-order valence-corrected chi connectivity index (χ0v) is 18.0. The summed E-state index contributed by atoms with van der Waals surface area (Å²) < 4.78 is 21.4. The highest BCUT2D eigenvalue weighted by Crippen LogP contribution is 2.33. The number of thiocarbonyl (C=S) groups is 1. The summed E-state index contributed by atoms with van der Waals surface area (Å²) in [6.45, 7) is -0.185. The SMILES string of the molecule is COc1ccc(C(=O)NC(=S)Nc2ccc(-c3ccc(CO)o3)c(OC)c2)cc1OC. The van der Waals surface area contributed by atoms with E-state index in [2.05, 4.69) is 10.6 Å². The van der Waals surface area contributed by atoms with E-state index in [1.165, 1.54) is 21.3 Å². The summed E-state index contributed by atoms with van der Waals surface area (Å²) in [5.41, 5.74) is 1.70. The fourth-order valence-corrected chi connectivity index (χ4v) is 3.11. The molecule has 0 atom stereocenters. The first-order valence-corrected chi connectivity index (χ1v) is 9.62. The van der Waals surface area contributed by atoms with E-state index in [1.54, 1.807) is 48.5 Å². The normalized spacial score (nSPS) is 10.3. The molecule has 0 fully saturated rings. The Morgan fingerprint density at radius 3 is 2.35 bits per heavy atom. The van der Waals surface area contributed by atoms with Gasteiger partial charge in [0.25, 0.3) is 5.91 Å². The number of hydrogen-bond acceptors (Lipinski definition) is 7. The fraction of sp³-hybridized carbons (Fsp3) is 0.182. The lowest BCUT2D eigenvalue weighted by molar-refractivity contribution is 0.0977. The summed E-state index contributed by atoms with van der Waals surface area (Å²) in [7, 11) is 4.55. The van der Waals surface area contributed by atoms with Crippen molar-refractivity contribution in [1.82, 2.24) is 5.32 Å². The van der Waals surface area contributed by atoms with Crippen LogP contribution >= 0.6 is 12.2 Å². The highest BCUT2D eigenvalue weighted by molar-refractivity contribution is 7.80. The van der Waals surface area contributed by atoms with Crippen LogP contribution in [0.15, 0.2) is 52.9 Å². The quantitative estimate of drug-likeness (QED) is 0.477. The van der Waals surface area contributed by atoms with Gasteiger partial charge in [-0.2, -0.15) is 0 Å². The number of carbonyl (C=O) groups excluding carboxylic acids is 1. The summed E-state index contributed by atoms with van der Waals surface area (Å²) >= 11 is 5.26. The zero-order valence-electron chi connectivity index (χ0n) is 17.2. The molecular formula is C22H22N2O6S. The molecule has 0 saturated carbocycles. The Labute approximate surface area is 184 Å². The Kier molecular flexibility index (Phi) is 7.11. The molecule has 0 aliphatic carbocycles. The molecular weight excluding hydrogens is 420 g/mol. The van der Waals surface area contributed by atoms with Crippen molar-refractivity contribution in [3.8, 4) is 28.6 Å². The summed E-state index contributed by atoms with van der Waals surface area (Å²) in [6, 6.07) is 13.6. The number of nitrogens with one attached hydrogen (secondary N) is 2. The minimum absolute atomic E-state index is 0.121. The van der Waals surface area contributed by atoms with E-state index in [0.717, 1.165) is 0 Å². The van der Waals surface area contributed by atoms with Gasteiger partial charge in [0, 0.05) is 17.3 Å². The number of aliphatic hydroxyl groups excluding tert-OH is 1. The highest BCUT2D eigenvalue weighted by atomic mass is 32.1. The molecule has 1 heterocycles. The first-order valence-electron chi connectivity index (χ1n) is 9.21. The third-order valence-electron chi connectivity index (χ3n) is 4.42. The van der Waals surface area contributed by atoms with E-state index in [9.17, 15) is 9.90 Å². The molecule has 3 rings (SSSR count). The number of methoxy groups -OCH3 is 3. The van der Waals surface area contributed by atoms with Crippen molar-refractivity contribution in [1.29, 1.82) is 0 Å². The number of ether oxygens (including phenoxy) is 3. The van der Waals surface area contributed by atoms with Crippen LogP contribution in [0.3, 0.4) is 0 Å². The number of anilines is 1. The molecule has 0 bridgehead atoms. The molecule has 3 N–H and O–H groups in total. The Morgan fingerprint density at radius 2 is 1.71 bits per heavy atom. The van der Waals surface area contributed by atoms with Gasteiger partial charge in [-0.1, -0.05) is 0 Å². The number of hydrogen-bond donors (Lipinski definition) is 3. The van der Waals surface area contributed by atoms with Crippen molar-refractivity contribution in [3.63, 3.8) is 0 Å². The van der Waals surface area contributed by atoms with Crippen molar-refractivity contribution >= 4 is 28.9 Å². The van der Waals surface area contributed by atoms with Gasteiger partial charge in [0.15, 0.2) is 16.6 Å². The maximum absolute atomic E-state index is 12.5. The molecule has 0 radical (unpaired) electrons. The van der Waals surface area contributed by atoms with Crippen LogP contribution in [0, 0.1) is 0 Å². The highest BCUT2D eigenvalue weighted by Gasteiger charge is 2.14. The topological polar surface area (TPSA) is 102 Å². The number of carbonyl (C=O) groups is 1. The van der Waals surface area contributed by atoms with Gasteiger partial charge in [-0.15, -0.1) is 0 Å². The van der Waals surface area contributed by atoms with Gasteiger partial charge in [-0.25, -0.2) is 0 Å². The first-order chi connectivity index (χ1) is 15.0. The lowest BCUT2D eigenvalue weighted by Gasteiger charge is -2.13. The number of aliphatic hydroxyl groups is 1. The van der Waals surface area contributed by atoms with Crippen LogP contribution in [0.2, 0.25) is 0 Å². The van der Waals surface area contributed by atoms with Gasteiger partial charge in [0.05, 0.1) is 26.9 Å². The second kappa shape index (κ2) is 9.96. The van der Waals surface area contributed by atoms with Gasteiger partial charge >= 0.3 is 0 Å². The summed E-state index contributed by atoms with van der Waals surface area (Å²) in [5.74, 6) is 2.13. The Bertz CT molecular complexity index is 1100. The van der Waals surface area contributed by atoms with E-state index >= 15 is 0 Å². The molecule has 8 nitrogen and oxygen atoms in total. The van der Waals surface area contributed by atoms with Crippen molar-refractivity contribution in [2.24, 2.45) is 0 Å². The lowest BCUT2D eigenvalue weighted by Crippen LogP contribution is -2.34. The lowest BCUT2D eigenvalue weighted by atomic mass is 10.1. The van der Waals surface area contributed by atoms with Crippen molar-refractivity contribution in [2.45, 2.75) is 6.61 Å². The van der Waals surface area contributed by atoms with Crippen LogP contribution < -0.4 is 24.8 Å². The largest absolute Gasteiger partial charge is 0.496 e. The van der Waals surface area contributed by atoms with Crippen molar-refractivity contribution < 1.29 is 28.5 Å². The first kappa shape index (κ1) is 22.1. The molecule has 1 aromatic heterocycles. The van der Waals surface area contributed by atoms with Crippen LogP contribution in [0.5, 0.6) is 17.2 Å². The van der Waals surface area contributed by atoms with Crippen LogP contribution in [0.25, 0.3) is 11.3 Å². The van der Waals surface area contributed by atoms with E-state index in [0.29, 0.717) is 45.6 Å². The number of furan rings is 1. The molecule has 0 saturated heterocycles. The van der Waals surface area contributed by atoms with E-state index in [4.69, 9.17) is 30.8 Å². The molecule has 0 aliphatic rings.